The minimum Gasteiger partial charge on any atom is -0.478 e. The zero-order valence-corrected chi connectivity index (χ0v) is 13.1. The Hall–Kier alpha value is -2.11. The van der Waals surface area contributed by atoms with Crippen molar-refractivity contribution in [2.24, 2.45) is 18.4 Å². The van der Waals surface area contributed by atoms with Gasteiger partial charge in [-0.3, -0.25) is 4.68 Å². The average molecular weight is 290 g/mol. The molecule has 0 fully saturated rings. The molecule has 0 atom stereocenters. The lowest BCUT2D eigenvalue weighted by atomic mass is 9.81. The third-order valence-electron chi connectivity index (χ3n) is 4.28. The number of carboxylic acid groups (broad SMARTS) is 1. The summed E-state index contributed by atoms with van der Waals surface area (Å²) in [4.78, 5) is 15.6. The number of aromatic nitrogens is 3. The van der Waals surface area contributed by atoms with Crippen LogP contribution in [-0.2, 0) is 7.05 Å². The van der Waals surface area contributed by atoms with E-state index in [-0.39, 0.29) is 11.0 Å². The molecule has 0 aliphatic heterocycles. The van der Waals surface area contributed by atoms with E-state index in [9.17, 15) is 9.90 Å². The lowest BCUT2D eigenvalue weighted by molar-refractivity contribution is 0.0697. The van der Waals surface area contributed by atoms with Crippen molar-refractivity contribution in [3.05, 3.63) is 18.0 Å². The molecule has 2 aromatic heterocycles. The Balaban J connectivity index is 2.45. The van der Waals surface area contributed by atoms with Gasteiger partial charge in [-0.05, 0) is 11.3 Å². The van der Waals surface area contributed by atoms with Crippen LogP contribution in [0.2, 0.25) is 0 Å². The van der Waals surface area contributed by atoms with Gasteiger partial charge in [0.15, 0.2) is 5.65 Å². The van der Waals surface area contributed by atoms with Gasteiger partial charge in [0.05, 0.1) is 17.3 Å². The monoisotopic (exact) mass is 290 g/mol. The van der Waals surface area contributed by atoms with Gasteiger partial charge in [0.1, 0.15) is 5.56 Å². The number of carbonyl (C=O) groups is 1. The van der Waals surface area contributed by atoms with Crippen LogP contribution in [0, 0.1) is 11.3 Å². The summed E-state index contributed by atoms with van der Waals surface area (Å²) in [6, 6.07) is 0. The van der Waals surface area contributed by atoms with Crippen LogP contribution in [0.15, 0.2) is 12.4 Å². The lowest BCUT2D eigenvalue weighted by Crippen LogP contribution is -2.29. The van der Waals surface area contributed by atoms with Crippen molar-refractivity contribution >= 4 is 22.7 Å². The minimum atomic E-state index is -0.988. The average Bonchev–Trinajstić information content (AvgIpc) is 2.77. The highest BCUT2D eigenvalue weighted by Crippen LogP contribution is 2.30. The number of hydrogen-bond acceptors (Lipinski definition) is 4. The first-order valence-corrected chi connectivity index (χ1v) is 7.02. The summed E-state index contributed by atoms with van der Waals surface area (Å²) < 4.78 is 1.64. The van der Waals surface area contributed by atoms with Crippen LogP contribution in [0.3, 0.4) is 0 Å². The van der Waals surface area contributed by atoms with Gasteiger partial charge in [0.25, 0.3) is 0 Å². The molecule has 0 aliphatic carbocycles. The lowest BCUT2D eigenvalue weighted by Gasteiger charge is -2.30. The summed E-state index contributed by atoms with van der Waals surface area (Å²) in [5.74, 6) is -0.511. The highest BCUT2D eigenvalue weighted by Gasteiger charge is 2.24. The first-order valence-electron chi connectivity index (χ1n) is 7.02. The van der Waals surface area contributed by atoms with Gasteiger partial charge in [0.2, 0.25) is 0 Å². The smallest absolute Gasteiger partial charge is 0.339 e. The van der Waals surface area contributed by atoms with Crippen LogP contribution in [0.1, 0.15) is 38.1 Å². The molecule has 21 heavy (non-hydrogen) atoms. The van der Waals surface area contributed by atoms with Gasteiger partial charge < -0.3 is 10.4 Å². The van der Waals surface area contributed by atoms with Gasteiger partial charge in [0, 0.05) is 19.8 Å². The minimum absolute atomic E-state index is 0.0492. The van der Waals surface area contributed by atoms with E-state index in [1.54, 1.807) is 17.9 Å². The van der Waals surface area contributed by atoms with Crippen LogP contribution in [-0.4, -0.2) is 32.4 Å². The SMILES string of the molecule is CC(C)C(C)(C)CNc1c(C(=O)O)cnc2c1cnn2C. The van der Waals surface area contributed by atoms with Crippen LogP contribution in [0.5, 0.6) is 0 Å². The second-order valence-electron chi connectivity index (χ2n) is 6.35. The number of anilines is 1. The number of pyridine rings is 1. The van der Waals surface area contributed by atoms with Crippen molar-refractivity contribution in [2.75, 3.05) is 11.9 Å². The van der Waals surface area contributed by atoms with E-state index in [4.69, 9.17) is 0 Å². The molecule has 0 bridgehead atoms. The van der Waals surface area contributed by atoms with Crippen molar-refractivity contribution in [2.45, 2.75) is 27.7 Å². The number of nitrogens with zero attached hydrogens (tertiary/aromatic N) is 3. The third kappa shape index (κ3) is 2.84. The Labute approximate surface area is 124 Å². The van der Waals surface area contributed by atoms with Crippen LogP contribution in [0.25, 0.3) is 11.0 Å². The summed E-state index contributed by atoms with van der Waals surface area (Å²) in [5, 5.41) is 17.6. The Morgan fingerprint density at radius 3 is 2.67 bits per heavy atom. The number of aromatic carboxylic acids is 1. The number of rotatable bonds is 5. The maximum absolute atomic E-state index is 11.4. The second kappa shape index (κ2) is 5.35. The Morgan fingerprint density at radius 2 is 2.10 bits per heavy atom. The summed E-state index contributed by atoms with van der Waals surface area (Å²) >= 11 is 0. The van der Waals surface area contributed by atoms with E-state index in [1.807, 2.05) is 0 Å². The highest BCUT2D eigenvalue weighted by molar-refractivity contribution is 6.03. The number of carboxylic acids is 1. The van der Waals surface area contributed by atoms with Gasteiger partial charge in [-0.1, -0.05) is 27.7 Å². The van der Waals surface area contributed by atoms with Crippen molar-refractivity contribution in [3.63, 3.8) is 0 Å². The van der Waals surface area contributed by atoms with Crippen molar-refractivity contribution in [1.82, 2.24) is 14.8 Å². The van der Waals surface area contributed by atoms with Crippen molar-refractivity contribution < 1.29 is 9.90 Å². The fourth-order valence-electron chi connectivity index (χ4n) is 1.97. The Morgan fingerprint density at radius 1 is 1.43 bits per heavy atom. The number of hydrogen-bond donors (Lipinski definition) is 2. The third-order valence-corrected chi connectivity index (χ3v) is 4.28. The molecule has 2 aromatic rings. The fourth-order valence-corrected chi connectivity index (χ4v) is 1.97. The zero-order valence-electron chi connectivity index (χ0n) is 13.1. The van der Waals surface area contributed by atoms with Crippen LogP contribution in [0.4, 0.5) is 5.69 Å². The molecule has 2 heterocycles. The predicted molar refractivity (Wildman–Crippen MR) is 82.6 cm³/mol. The largest absolute Gasteiger partial charge is 0.478 e. The fraction of sp³-hybridized carbons (Fsp3) is 0.533. The molecule has 0 radical (unpaired) electrons. The molecule has 2 N–H and O–H groups in total. The molecular formula is C15H22N4O2. The maximum Gasteiger partial charge on any atom is 0.339 e. The molecule has 0 unspecified atom stereocenters. The molecule has 6 heteroatoms. The van der Waals surface area contributed by atoms with E-state index in [1.165, 1.54) is 6.20 Å². The Kier molecular flexibility index (Phi) is 3.89. The van der Waals surface area contributed by atoms with E-state index in [2.05, 4.69) is 43.1 Å². The standard InChI is InChI=1S/C15H22N4O2/c1-9(2)15(3,4)8-17-12-10-7-18-19(5)13(10)16-6-11(12)14(20)21/h6-7,9H,8H2,1-5H3,(H,16,17)(H,20,21). The molecule has 0 aromatic carbocycles. The molecule has 114 valence electrons. The summed E-state index contributed by atoms with van der Waals surface area (Å²) in [5.41, 5.74) is 1.49. The molecule has 0 amide bonds. The quantitative estimate of drug-likeness (QED) is 0.885. The van der Waals surface area contributed by atoms with E-state index < -0.39 is 5.97 Å². The van der Waals surface area contributed by atoms with Crippen LogP contribution >= 0.6 is 0 Å². The highest BCUT2D eigenvalue weighted by atomic mass is 16.4. The second-order valence-corrected chi connectivity index (χ2v) is 6.35. The van der Waals surface area contributed by atoms with E-state index in [0.29, 0.717) is 23.8 Å². The van der Waals surface area contributed by atoms with E-state index >= 15 is 0 Å². The normalized spacial score (nSPS) is 12.1. The molecule has 0 aliphatic rings. The maximum atomic E-state index is 11.4. The van der Waals surface area contributed by atoms with Gasteiger partial charge in [-0.15, -0.1) is 0 Å². The number of nitrogens with one attached hydrogen (secondary N) is 1. The topological polar surface area (TPSA) is 80.0 Å². The molecule has 6 nitrogen and oxygen atoms in total. The van der Waals surface area contributed by atoms with Crippen molar-refractivity contribution in [1.29, 1.82) is 0 Å². The predicted octanol–water partition coefficient (Wildman–Crippen LogP) is 2.76. The van der Waals surface area contributed by atoms with Crippen LogP contribution < -0.4 is 5.32 Å². The molecule has 2 rings (SSSR count). The number of aryl methyl sites for hydroxylation is 1. The first kappa shape index (κ1) is 15.3. The van der Waals surface area contributed by atoms with E-state index in [0.717, 1.165) is 5.39 Å². The number of fused-ring (bicyclic) bond motifs is 1. The summed E-state index contributed by atoms with van der Waals surface area (Å²) in [6.07, 6.45) is 3.04. The molecule has 0 saturated heterocycles. The molecular weight excluding hydrogens is 268 g/mol. The zero-order chi connectivity index (χ0) is 15.8. The first-order chi connectivity index (χ1) is 9.74. The van der Waals surface area contributed by atoms with Crippen molar-refractivity contribution in [3.8, 4) is 0 Å². The molecule has 0 spiro atoms. The molecule has 0 saturated carbocycles. The summed E-state index contributed by atoms with van der Waals surface area (Å²) in [6.45, 7) is 9.32. The summed E-state index contributed by atoms with van der Waals surface area (Å²) in [7, 11) is 1.79. The van der Waals surface area contributed by atoms with Gasteiger partial charge in [-0.25, -0.2) is 9.78 Å². The van der Waals surface area contributed by atoms with Gasteiger partial charge in [-0.2, -0.15) is 5.10 Å². The Bertz CT molecular complexity index is 674. The van der Waals surface area contributed by atoms with Gasteiger partial charge >= 0.3 is 5.97 Å².